The van der Waals surface area contributed by atoms with Crippen LogP contribution in [-0.4, -0.2) is 60.9 Å². The van der Waals surface area contributed by atoms with Crippen molar-refractivity contribution in [1.82, 2.24) is 9.88 Å². The van der Waals surface area contributed by atoms with Gasteiger partial charge in [0.2, 0.25) is 5.91 Å². The lowest BCUT2D eigenvalue weighted by molar-refractivity contribution is -0.172. The number of hydrogen-bond donors (Lipinski definition) is 0. The van der Waals surface area contributed by atoms with Crippen LogP contribution in [0.15, 0.2) is 24.4 Å². The molecule has 6 heteroatoms. The molecule has 0 bridgehead atoms. The Hall–Kier alpha value is -1.50. The van der Waals surface area contributed by atoms with Crippen molar-refractivity contribution >= 4 is 5.91 Å². The molecule has 0 N–H and O–H groups in total. The van der Waals surface area contributed by atoms with Crippen molar-refractivity contribution < 1.29 is 19.0 Å². The molecule has 1 atom stereocenters. The van der Waals surface area contributed by atoms with Gasteiger partial charge < -0.3 is 19.1 Å². The molecule has 1 aromatic heterocycles. The molecule has 0 saturated carbocycles. The first kappa shape index (κ1) is 16.4. The molecule has 1 amide bonds. The second-order valence-corrected chi connectivity index (χ2v) is 6.12. The molecule has 2 saturated heterocycles. The molecular formula is C17H24N2O4. The topological polar surface area (TPSA) is 60.9 Å². The summed E-state index contributed by atoms with van der Waals surface area (Å²) in [5.41, 5.74) is 0.717. The largest absolute Gasteiger partial charge is 0.375 e. The molecular weight excluding hydrogens is 296 g/mol. The molecule has 3 rings (SSSR count). The maximum atomic E-state index is 11.9. The average molecular weight is 320 g/mol. The molecule has 2 aliphatic heterocycles. The first-order valence-corrected chi connectivity index (χ1v) is 8.20. The molecule has 3 heterocycles. The van der Waals surface area contributed by atoms with Crippen molar-refractivity contribution in [2.75, 3.05) is 39.5 Å². The third kappa shape index (κ3) is 3.71. The van der Waals surface area contributed by atoms with Crippen LogP contribution in [-0.2, 0) is 25.6 Å². The van der Waals surface area contributed by atoms with E-state index in [1.165, 1.54) is 0 Å². The Morgan fingerprint density at radius 1 is 1.43 bits per heavy atom. The number of nitrogens with zero attached hydrogens (tertiary/aromatic N) is 2. The molecule has 126 valence electrons. The van der Waals surface area contributed by atoms with Gasteiger partial charge in [-0.1, -0.05) is 6.07 Å². The number of carbonyl (C=O) groups excluding carboxylic acids is 1. The number of likely N-dealkylation sites (tertiary alicyclic amines) is 1. The molecule has 6 nitrogen and oxygen atoms in total. The van der Waals surface area contributed by atoms with Crippen LogP contribution in [0.4, 0.5) is 0 Å². The van der Waals surface area contributed by atoms with Crippen molar-refractivity contribution in [2.24, 2.45) is 5.92 Å². The van der Waals surface area contributed by atoms with Gasteiger partial charge in [-0.2, -0.15) is 0 Å². The Balaban J connectivity index is 1.45. The smallest absolute Gasteiger partial charge is 0.248 e. The van der Waals surface area contributed by atoms with Crippen LogP contribution in [0.2, 0.25) is 0 Å². The van der Waals surface area contributed by atoms with Crippen LogP contribution in [0.5, 0.6) is 0 Å². The summed E-state index contributed by atoms with van der Waals surface area (Å²) in [5, 5.41) is 0. The first-order chi connectivity index (χ1) is 11.2. The zero-order valence-electron chi connectivity index (χ0n) is 13.6. The maximum Gasteiger partial charge on any atom is 0.248 e. The van der Waals surface area contributed by atoms with Gasteiger partial charge in [0.15, 0.2) is 0 Å². The predicted molar refractivity (Wildman–Crippen MR) is 83.8 cm³/mol. The van der Waals surface area contributed by atoms with Gasteiger partial charge in [0, 0.05) is 25.3 Å². The lowest BCUT2D eigenvalue weighted by Gasteiger charge is -2.50. The monoisotopic (exact) mass is 320 g/mol. The fourth-order valence-corrected chi connectivity index (χ4v) is 3.22. The van der Waals surface area contributed by atoms with E-state index < -0.39 is 0 Å². The molecule has 0 aliphatic carbocycles. The van der Waals surface area contributed by atoms with E-state index in [1.54, 1.807) is 6.20 Å². The van der Waals surface area contributed by atoms with E-state index in [-0.39, 0.29) is 18.1 Å². The highest BCUT2D eigenvalue weighted by Crippen LogP contribution is 2.40. The lowest BCUT2D eigenvalue weighted by atomic mass is 9.81. The molecule has 1 spiro atoms. The summed E-state index contributed by atoms with van der Waals surface area (Å²) in [4.78, 5) is 18.0. The molecule has 1 aromatic rings. The Morgan fingerprint density at radius 3 is 3.04 bits per heavy atom. The second-order valence-electron chi connectivity index (χ2n) is 6.12. The van der Waals surface area contributed by atoms with Gasteiger partial charge in [-0.15, -0.1) is 0 Å². The third-order valence-electron chi connectivity index (χ3n) is 4.59. The minimum Gasteiger partial charge on any atom is -0.375 e. The molecule has 2 fully saturated rings. The van der Waals surface area contributed by atoms with Gasteiger partial charge >= 0.3 is 0 Å². The summed E-state index contributed by atoms with van der Waals surface area (Å²) in [7, 11) is 0. The van der Waals surface area contributed by atoms with E-state index in [4.69, 9.17) is 14.2 Å². The van der Waals surface area contributed by atoms with Crippen LogP contribution in [0.25, 0.3) is 0 Å². The second kappa shape index (κ2) is 7.38. The zero-order valence-corrected chi connectivity index (χ0v) is 13.6. The summed E-state index contributed by atoms with van der Waals surface area (Å²) >= 11 is 0. The van der Waals surface area contributed by atoms with Gasteiger partial charge in [0.25, 0.3) is 0 Å². The Morgan fingerprint density at radius 2 is 2.30 bits per heavy atom. The van der Waals surface area contributed by atoms with Gasteiger partial charge in [-0.3, -0.25) is 9.78 Å². The molecule has 2 aliphatic rings. The normalized spacial score (nSPS) is 22.3. The third-order valence-corrected chi connectivity index (χ3v) is 4.59. The number of pyridine rings is 1. The highest BCUT2D eigenvalue weighted by atomic mass is 16.5. The van der Waals surface area contributed by atoms with Crippen LogP contribution < -0.4 is 0 Å². The first-order valence-electron chi connectivity index (χ1n) is 8.20. The van der Waals surface area contributed by atoms with Gasteiger partial charge in [0.05, 0.1) is 32.0 Å². The Kier molecular flexibility index (Phi) is 5.25. The summed E-state index contributed by atoms with van der Waals surface area (Å²) in [6.45, 7) is 5.81. The zero-order chi connectivity index (χ0) is 16.1. The fraction of sp³-hybridized carbons (Fsp3) is 0.647. The number of carbonyl (C=O) groups is 1. The van der Waals surface area contributed by atoms with Crippen LogP contribution in [0, 0.1) is 5.92 Å². The Labute approximate surface area is 136 Å². The highest BCUT2D eigenvalue weighted by Gasteiger charge is 2.54. The van der Waals surface area contributed by atoms with E-state index in [0.717, 1.165) is 18.7 Å². The Bertz CT molecular complexity index is 517. The standard InChI is InChI=1S/C17H24N2O4/c1-2-21-11-16(20)19-12-17(13-19)14(6-8-23-17)9-22-10-15-5-3-4-7-18-15/h3-5,7,14H,2,6,8-13H2,1H3. The van der Waals surface area contributed by atoms with Crippen LogP contribution in [0.1, 0.15) is 19.0 Å². The highest BCUT2D eigenvalue weighted by molar-refractivity contribution is 5.78. The van der Waals surface area contributed by atoms with E-state index in [2.05, 4.69) is 4.98 Å². The number of aromatic nitrogens is 1. The van der Waals surface area contributed by atoms with Crippen molar-refractivity contribution in [3.05, 3.63) is 30.1 Å². The maximum absolute atomic E-state index is 11.9. The number of ether oxygens (including phenoxy) is 3. The predicted octanol–water partition coefficient (Wildman–Crippen LogP) is 1.25. The van der Waals surface area contributed by atoms with Crippen LogP contribution >= 0.6 is 0 Å². The van der Waals surface area contributed by atoms with Crippen molar-refractivity contribution in [3.63, 3.8) is 0 Å². The molecule has 0 radical (unpaired) electrons. The van der Waals surface area contributed by atoms with Gasteiger partial charge in [-0.25, -0.2) is 0 Å². The van der Waals surface area contributed by atoms with Crippen molar-refractivity contribution in [3.8, 4) is 0 Å². The summed E-state index contributed by atoms with van der Waals surface area (Å²) < 4.78 is 17.0. The number of hydrogen-bond acceptors (Lipinski definition) is 5. The molecule has 23 heavy (non-hydrogen) atoms. The van der Waals surface area contributed by atoms with E-state index in [1.807, 2.05) is 30.0 Å². The SMILES string of the molecule is CCOCC(=O)N1CC2(C1)OCCC2COCc1ccccn1. The van der Waals surface area contributed by atoms with Crippen molar-refractivity contribution in [2.45, 2.75) is 25.6 Å². The average Bonchev–Trinajstić information content (AvgIpc) is 2.96. The van der Waals surface area contributed by atoms with Crippen molar-refractivity contribution in [1.29, 1.82) is 0 Å². The number of amides is 1. The van der Waals surface area contributed by atoms with Gasteiger partial charge in [0.1, 0.15) is 12.2 Å². The lowest BCUT2D eigenvalue weighted by Crippen LogP contribution is -2.67. The summed E-state index contributed by atoms with van der Waals surface area (Å²) in [6, 6.07) is 5.81. The molecule has 0 aromatic carbocycles. The van der Waals surface area contributed by atoms with E-state index in [0.29, 0.717) is 38.8 Å². The minimum atomic E-state index is -0.216. The van der Waals surface area contributed by atoms with Gasteiger partial charge in [-0.05, 0) is 25.5 Å². The summed E-state index contributed by atoms with van der Waals surface area (Å²) in [6.07, 6.45) is 2.75. The molecule has 1 unspecified atom stereocenters. The minimum absolute atomic E-state index is 0.0427. The van der Waals surface area contributed by atoms with E-state index >= 15 is 0 Å². The quantitative estimate of drug-likeness (QED) is 0.757. The van der Waals surface area contributed by atoms with Crippen LogP contribution in [0.3, 0.4) is 0 Å². The number of rotatable bonds is 7. The van der Waals surface area contributed by atoms with E-state index in [9.17, 15) is 4.79 Å². The fourth-order valence-electron chi connectivity index (χ4n) is 3.22. The summed E-state index contributed by atoms with van der Waals surface area (Å²) in [5.74, 6) is 0.378.